The van der Waals surface area contributed by atoms with Gasteiger partial charge in [-0.15, -0.1) is 0 Å². The van der Waals surface area contributed by atoms with E-state index in [1.807, 2.05) is 0 Å². The molecular weight excluding hydrogens is 247 g/mol. The fourth-order valence-corrected chi connectivity index (χ4v) is 1.14. The van der Waals surface area contributed by atoms with Crippen LogP contribution in [0, 0.1) is 11.3 Å². The van der Waals surface area contributed by atoms with E-state index in [1.165, 1.54) is 6.07 Å². The van der Waals surface area contributed by atoms with E-state index in [2.05, 4.69) is 9.72 Å². The van der Waals surface area contributed by atoms with Gasteiger partial charge in [-0.1, -0.05) is 0 Å². The number of pyridine rings is 1. The Labute approximate surface area is 92.4 Å². The molecule has 0 aliphatic rings. The molecule has 0 radical (unpaired) electrons. The summed E-state index contributed by atoms with van der Waals surface area (Å²) in [5, 5.41) is 8.53. The van der Waals surface area contributed by atoms with E-state index in [4.69, 9.17) is 5.26 Å². The molecule has 0 saturated heterocycles. The van der Waals surface area contributed by atoms with Crippen LogP contribution in [0.3, 0.4) is 0 Å². The summed E-state index contributed by atoms with van der Waals surface area (Å²) < 4.78 is 66.6. The van der Waals surface area contributed by atoms with Crippen molar-refractivity contribution in [3.63, 3.8) is 0 Å². The molecular formula is C9H5F5N2O. The summed E-state index contributed by atoms with van der Waals surface area (Å²) >= 11 is 0. The van der Waals surface area contributed by atoms with E-state index >= 15 is 0 Å². The van der Waals surface area contributed by atoms with Crippen LogP contribution < -0.4 is 4.74 Å². The van der Waals surface area contributed by atoms with Crippen molar-refractivity contribution in [3.05, 3.63) is 23.0 Å². The maximum Gasteiger partial charge on any atom is 0.418 e. The van der Waals surface area contributed by atoms with E-state index in [0.29, 0.717) is 6.07 Å². The first-order valence-electron chi connectivity index (χ1n) is 4.15. The first-order valence-corrected chi connectivity index (χ1v) is 4.15. The molecule has 0 unspecified atom stereocenters. The van der Waals surface area contributed by atoms with Crippen molar-refractivity contribution >= 4 is 0 Å². The number of halogens is 5. The van der Waals surface area contributed by atoms with Gasteiger partial charge in [-0.05, 0) is 6.07 Å². The number of alkyl halides is 5. The van der Waals surface area contributed by atoms with E-state index in [9.17, 15) is 22.0 Å². The molecule has 0 bridgehead atoms. The summed E-state index contributed by atoms with van der Waals surface area (Å²) in [6, 6.07) is 1.72. The van der Waals surface area contributed by atoms with Crippen molar-refractivity contribution in [1.29, 1.82) is 5.26 Å². The summed E-state index contributed by atoms with van der Waals surface area (Å²) in [6.07, 6.45) is -8.41. The number of nitriles is 1. The van der Waals surface area contributed by atoms with Crippen LogP contribution >= 0.6 is 0 Å². The summed E-state index contributed by atoms with van der Waals surface area (Å²) in [5.41, 5.74) is -3.70. The second-order valence-corrected chi connectivity index (χ2v) is 2.88. The van der Waals surface area contributed by atoms with Gasteiger partial charge in [0.15, 0.2) is 11.4 Å². The van der Waals surface area contributed by atoms with Gasteiger partial charge in [0.2, 0.25) is 0 Å². The zero-order chi connectivity index (χ0) is 13.2. The molecule has 1 heterocycles. The van der Waals surface area contributed by atoms with E-state index in [1.54, 1.807) is 0 Å². The highest BCUT2D eigenvalue weighted by Crippen LogP contribution is 2.37. The Balaban J connectivity index is 3.53. The zero-order valence-corrected chi connectivity index (χ0v) is 8.35. The van der Waals surface area contributed by atoms with Crippen molar-refractivity contribution in [1.82, 2.24) is 4.98 Å². The SMILES string of the molecule is COc1cc(C(F)(F)F)c(C(F)F)nc1C#N. The highest BCUT2D eigenvalue weighted by molar-refractivity contribution is 5.43. The number of rotatable bonds is 2. The van der Waals surface area contributed by atoms with Crippen LogP contribution in [0.15, 0.2) is 6.07 Å². The minimum atomic E-state index is -4.99. The number of hydrogen-bond acceptors (Lipinski definition) is 3. The van der Waals surface area contributed by atoms with E-state index in [0.717, 1.165) is 7.11 Å². The molecule has 0 spiro atoms. The summed E-state index contributed by atoms with van der Waals surface area (Å²) in [4.78, 5) is 2.97. The summed E-state index contributed by atoms with van der Waals surface area (Å²) in [7, 11) is 1.01. The van der Waals surface area contributed by atoms with Crippen LogP contribution in [-0.4, -0.2) is 12.1 Å². The highest BCUT2D eigenvalue weighted by Gasteiger charge is 2.38. The Morgan fingerprint density at radius 1 is 1.41 bits per heavy atom. The van der Waals surface area contributed by atoms with Crippen LogP contribution in [0.1, 0.15) is 23.4 Å². The lowest BCUT2D eigenvalue weighted by molar-refractivity contribution is -0.140. The lowest BCUT2D eigenvalue weighted by Crippen LogP contribution is -2.13. The molecule has 0 fully saturated rings. The monoisotopic (exact) mass is 252 g/mol. The third-order valence-corrected chi connectivity index (χ3v) is 1.85. The molecule has 1 rings (SSSR count). The lowest BCUT2D eigenvalue weighted by atomic mass is 10.1. The second kappa shape index (κ2) is 4.53. The predicted molar refractivity (Wildman–Crippen MR) is 45.5 cm³/mol. The molecule has 1 aromatic heterocycles. The molecule has 0 amide bonds. The number of hydrogen-bond donors (Lipinski definition) is 0. The van der Waals surface area contributed by atoms with E-state index < -0.39 is 35.3 Å². The summed E-state index contributed by atoms with van der Waals surface area (Å²) in [6.45, 7) is 0. The third-order valence-electron chi connectivity index (χ3n) is 1.85. The summed E-state index contributed by atoms with van der Waals surface area (Å²) in [5.74, 6) is -0.496. The molecule has 17 heavy (non-hydrogen) atoms. The topological polar surface area (TPSA) is 45.9 Å². The smallest absolute Gasteiger partial charge is 0.418 e. The lowest BCUT2D eigenvalue weighted by Gasteiger charge is -2.13. The average molecular weight is 252 g/mol. The maximum absolute atomic E-state index is 12.4. The molecule has 8 heteroatoms. The van der Waals surface area contributed by atoms with Crippen LogP contribution in [0.2, 0.25) is 0 Å². The molecule has 0 aromatic carbocycles. The first-order chi connectivity index (χ1) is 7.81. The molecule has 0 aliphatic carbocycles. The van der Waals surface area contributed by atoms with Crippen molar-refractivity contribution in [3.8, 4) is 11.8 Å². The molecule has 1 aromatic rings. The number of methoxy groups -OCH3 is 1. The first kappa shape index (κ1) is 13.2. The van der Waals surface area contributed by atoms with Crippen LogP contribution in [-0.2, 0) is 6.18 Å². The minimum Gasteiger partial charge on any atom is -0.494 e. The Morgan fingerprint density at radius 2 is 2.00 bits per heavy atom. The largest absolute Gasteiger partial charge is 0.494 e. The van der Waals surface area contributed by atoms with Gasteiger partial charge in [0.1, 0.15) is 11.8 Å². The van der Waals surface area contributed by atoms with E-state index in [-0.39, 0.29) is 0 Å². The quantitative estimate of drug-likeness (QED) is 0.760. The number of ether oxygens (including phenoxy) is 1. The maximum atomic E-state index is 12.4. The predicted octanol–water partition coefficient (Wildman–Crippen LogP) is 2.92. The standard InChI is InChI=1S/C9H5F5N2O/c1-17-6-2-4(9(12,13)14)7(8(10)11)16-5(6)3-15/h2,8H,1H3. The Morgan fingerprint density at radius 3 is 2.35 bits per heavy atom. The van der Waals surface area contributed by atoms with Crippen molar-refractivity contribution in [2.24, 2.45) is 0 Å². The van der Waals surface area contributed by atoms with Gasteiger partial charge < -0.3 is 4.74 Å². The Bertz CT molecular complexity index is 464. The molecule has 0 aliphatic heterocycles. The second-order valence-electron chi connectivity index (χ2n) is 2.88. The molecule has 0 atom stereocenters. The fourth-order valence-electron chi connectivity index (χ4n) is 1.14. The zero-order valence-electron chi connectivity index (χ0n) is 8.35. The van der Waals surface area contributed by atoms with Crippen molar-refractivity contribution in [2.45, 2.75) is 12.6 Å². The fraction of sp³-hybridized carbons (Fsp3) is 0.333. The van der Waals surface area contributed by atoms with Gasteiger partial charge in [0.25, 0.3) is 6.43 Å². The minimum absolute atomic E-state index is 0.340. The van der Waals surface area contributed by atoms with Gasteiger partial charge in [0, 0.05) is 0 Å². The normalized spacial score (nSPS) is 11.4. The third kappa shape index (κ3) is 2.61. The Hall–Kier alpha value is -1.91. The van der Waals surface area contributed by atoms with Gasteiger partial charge in [-0.25, -0.2) is 13.8 Å². The van der Waals surface area contributed by atoms with Gasteiger partial charge >= 0.3 is 6.18 Å². The van der Waals surface area contributed by atoms with Gasteiger partial charge in [-0.2, -0.15) is 18.4 Å². The number of nitrogens with zero attached hydrogens (tertiary/aromatic N) is 2. The van der Waals surface area contributed by atoms with Crippen LogP contribution in [0.25, 0.3) is 0 Å². The molecule has 0 saturated carbocycles. The van der Waals surface area contributed by atoms with Crippen LogP contribution in [0.4, 0.5) is 22.0 Å². The van der Waals surface area contributed by atoms with Crippen molar-refractivity contribution < 1.29 is 26.7 Å². The van der Waals surface area contributed by atoms with Crippen LogP contribution in [0.5, 0.6) is 5.75 Å². The number of aromatic nitrogens is 1. The van der Waals surface area contributed by atoms with Gasteiger partial charge in [0.05, 0.1) is 12.7 Å². The highest BCUT2D eigenvalue weighted by atomic mass is 19.4. The van der Waals surface area contributed by atoms with Gasteiger partial charge in [-0.3, -0.25) is 0 Å². The molecule has 0 N–H and O–H groups in total. The average Bonchev–Trinajstić information content (AvgIpc) is 2.25. The molecule has 92 valence electrons. The van der Waals surface area contributed by atoms with Crippen molar-refractivity contribution in [2.75, 3.05) is 7.11 Å². The molecule has 3 nitrogen and oxygen atoms in total. The Kier molecular flexibility index (Phi) is 3.50.